The number of ether oxygens (including phenoxy) is 2. The molecule has 0 spiro atoms. The van der Waals surface area contributed by atoms with Crippen molar-refractivity contribution in [2.45, 2.75) is 17.6 Å². The predicted molar refractivity (Wildman–Crippen MR) is 137 cm³/mol. The first-order valence-electron chi connectivity index (χ1n) is 11.9. The van der Waals surface area contributed by atoms with Gasteiger partial charge in [-0.05, 0) is 54.1 Å². The summed E-state index contributed by atoms with van der Waals surface area (Å²) in [5.41, 5.74) is -0.254. The minimum absolute atomic E-state index is 0.150. The van der Waals surface area contributed by atoms with Crippen LogP contribution in [0.5, 0.6) is 11.5 Å². The Morgan fingerprint density at radius 2 is 1.69 bits per heavy atom. The van der Waals surface area contributed by atoms with Crippen LogP contribution in [0.4, 0.5) is 18.9 Å². The van der Waals surface area contributed by atoms with E-state index in [4.69, 9.17) is 21.1 Å². The first-order chi connectivity index (χ1) is 18.5. The zero-order chi connectivity index (χ0) is 27.8. The molecular formula is C26H23ClF3N3O5S. The molecule has 5 rings (SSSR count). The molecule has 0 atom stereocenters. The SMILES string of the molecule is O=C(c1cccc(S(=O)(=O)Nc2cc(C(F)(F)F)ccc2Cl)c1)N1CCN(Cc2ccc3c(c2)OCO3)CC1. The number of nitrogens with zero attached hydrogens (tertiary/aromatic N) is 2. The third kappa shape index (κ3) is 6.07. The molecule has 3 aromatic rings. The van der Waals surface area contributed by atoms with Crippen molar-refractivity contribution in [2.24, 2.45) is 0 Å². The molecule has 2 heterocycles. The van der Waals surface area contributed by atoms with E-state index < -0.39 is 27.5 Å². The number of carbonyl (C=O) groups excluding carboxylic acids is 1. The molecule has 1 amide bonds. The Morgan fingerprint density at radius 1 is 0.949 bits per heavy atom. The molecule has 0 aromatic heterocycles. The van der Waals surface area contributed by atoms with Gasteiger partial charge in [0, 0.05) is 38.3 Å². The average molecular weight is 582 g/mol. The molecule has 0 saturated carbocycles. The van der Waals surface area contributed by atoms with Crippen LogP contribution in [-0.2, 0) is 22.7 Å². The summed E-state index contributed by atoms with van der Waals surface area (Å²) < 4.78 is 78.0. The Morgan fingerprint density at radius 3 is 2.44 bits per heavy atom. The quantitative estimate of drug-likeness (QED) is 0.448. The molecule has 1 fully saturated rings. The second-order valence-corrected chi connectivity index (χ2v) is 11.2. The minimum atomic E-state index is -4.67. The third-order valence-electron chi connectivity index (χ3n) is 6.43. The van der Waals surface area contributed by atoms with E-state index in [1.165, 1.54) is 24.3 Å². The molecule has 0 bridgehead atoms. The van der Waals surface area contributed by atoms with Crippen molar-refractivity contribution in [1.29, 1.82) is 0 Å². The van der Waals surface area contributed by atoms with Gasteiger partial charge in [-0.15, -0.1) is 0 Å². The second-order valence-electron chi connectivity index (χ2n) is 9.08. The van der Waals surface area contributed by atoms with Crippen LogP contribution in [0.1, 0.15) is 21.5 Å². The van der Waals surface area contributed by atoms with Gasteiger partial charge >= 0.3 is 6.18 Å². The number of fused-ring (bicyclic) bond motifs is 1. The van der Waals surface area contributed by atoms with E-state index in [1.54, 1.807) is 4.90 Å². The highest BCUT2D eigenvalue weighted by atomic mass is 35.5. The number of hydrogen-bond donors (Lipinski definition) is 1. The van der Waals surface area contributed by atoms with Gasteiger partial charge in [-0.2, -0.15) is 13.2 Å². The summed E-state index contributed by atoms with van der Waals surface area (Å²) in [6.07, 6.45) is -4.67. The van der Waals surface area contributed by atoms with Gasteiger partial charge in [0.25, 0.3) is 15.9 Å². The fourth-order valence-corrected chi connectivity index (χ4v) is 5.71. The fraction of sp³-hybridized carbons (Fsp3) is 0.269. The lowest BCUT2D eigenvalue weighted by molar-refractivity contribution is -0.137. The lowest BCUT2D eigenvalue weighted by Gasteiger charge is -2.34. The molecule has 8 nitrogen and oxygen atoms in total. The van der Waals surface area contributed by atoms with E-state index >= 15 is 0 Å². The van der Waals surface area contributed by atoms with Crippen LogP contribution in [0.2, 0.25) is 5.02 Å². The Kier molecular flexibility index (Phi) is 7.36. The van der Waals surface area contributed by atoms with Crippen LogP contribution in [0.3, 0.4) is 0 Å². The fourth-order valence-electron chi connectivity index (χ4n) is 4.37. The summed E-state index contributed by atoms with van der Waals surface area (Å²) in [5, 5.41) is -0.197. The number of nitrogens with one attached hydrogen (secondary N) is 1. The monoisotopic (exact) mass is 581 g/mol. The van der Waals surface area contributed by atoms with Crippen molar-refractivity contribution < 1.29 is 35.9 Å². The largest absolute Gasteiger partial charge is 0.454 e. The van der Waals surface area contributed by atoms with Crippen molar-refractivity contribution in [2.75, 3.05) is 37.7 Å². The van der Waals surface area contributed by atoms with Crippen LogP contribution in [0.15, 0.2) is 65.6 Å². The summed E-state index contributed by atoms with van der Waals surface area (Å²) >= 11 is 5.94. The molecule has 0 unspecified atom stereocenters. The van der Waals surface area contributed by atoms with Crippen LogP contribution in [-0.4, -0.2) is 57.1 Å². The molecule has 2 aliphatic heterocycles. The molecular weight excluding hydrogens is 559 g/mol. The van der Waals surface area contributed by atoms with Gasteiger partial charge in [0.05, 0.1) is 21.2 Å². The van der Waals surface area contributed by atoms with Crippen LogP contribution < -0.4 is 14.2 Å². The smallest absolute Gasteiger partial charge is 0.416 e. The standard InChI is InChI=1S/C26H23ClF3N3O5S/c27-21-6-5-19(26(28,29)30)14-22(21)31-39(35,36)20-3-1-2-18(13-20)25(34)33-10-8-32(9-11-33)15-17-4-7-23-24(12-17)38-16-37-23/h1-7,12-14,31H,8-11,15-16H2. The van der Waals surface area contributed by atoms with E-state index in [1.807, 2.05) is 18.2 Å². The van der Waals surface area contributed by atoms with Gasteiger partial charge in [-0.3, -0.25) is 14.4 Å². The summed E-state index contributed by atoms with van der Waals surface area (Å²) in [6.45, 7) is 3.01. The van der Waals surface area contributed by atoms with E-state index in [2.05, 4.69) is 9.62 Å². The van der Waals surface area contributed by atoms with Gasteiger partial charge in [-0.25, -0.2) is 8.42 Å². The minimum Gasteiger partial charge on any atom is -0.454 e. The lowest BCUT2D eigenvalue weighted by atomic mass is 10.1. The van der Waals surface area contributed by atoms with E-state index in [0.29, 0.717) is 50.3 Å². The van der Waals surface area contributed by atoms with Crippen molar-refractivity contribution in [3.05, 3.63) is 82.4 Å². The highest BCUT2D eigenvalue weighted by Crippen LogP contribution is 2.35. The van der Waals surface area contributed by atoms with E-state index in [9.17, 15) is 26.4 Å². The Balaban J connectivity index is 1.24. The zero-order valence-corrected chi connectivity index (χ0v) is 21.9. The number of alkyl halides is 3. The number of benzene rings is 3. The third-order valence-corrected chi connectivity index (χ3v) is 8.12. The summed E-state index contributed by atoms with van der Waals surface area (Å²) in [5.74, 6) is 1.08. The van der Waals surface area contributed by atoms with E-state index in [0.717, 1.165) is 17.7 Å². The topological polar surface area (TPSA) is 88.2 Å². The van der Waals surface area contributed by atoms with Crippen molar-refractivity contribution in [1.82, 2.24) is 9.80 Å². The highest BCUT2D eigenvalue weighted by molar-refractivity contribution is 7.92. The summed E-state index contributed by atoms with van der Waals surface area (Å²) in [7, 11) is -4.33. The molecule has 1 saturated heterocycles. The first kappa shape index (κ1) is 27.1. The lowest BCUT2D eigenvalue weighted by Crippen LogP contribution is -2.48. The number of halogens is 4. The highest BCUT2D eigenvalue weighted by Gasteiger charge is 2.32. The number of hydrogen-bond acceptors (Lipinski definition) is 6. The summed E-state index contributed by atoms with van der Waals surface area (Å²) in [6, 6.07) is 13.5. The van der Waals surface area contributed by atoms with Crippen molar-refractivity contribution in [3.63, 3.8) is 0 Å². The Bertz CT molecular complexity index is 1510. The molecule has 0 aliphatic carbocycles. The van der Waals surface area contributed by atoms with Crippen molar-refractivity contribution in [3.8, 4) is 11.5 Å². The van der Waals surface area contributed by atoms with Gasteiger partial charge in [0.1, 0.15) is 0 Å². The molecule has 13 heteroatoms. The van der Waals surface area contributed by atoms with Gasteiger partial charge in [0.15, 0.2) is 11.5 Å². The van der Waals surface area contributed by atoms with Crippen LogP contribution in [0.25, 0.3) is 0 Å². The molecule has 39 heavy (non-hydrogen) atoms. The number of anilines is 1. The zero-order valence-electron chi connectivity index (χ0n) is 20.4. The van der Waals surface area contributed by atoms with Crippen molar-refractivity contribution >= 4 is 33.2 Å². The van der Waals surface area contributed by atoms with Gasteiger partial charge in [0.2, 0.25) is 6.79 Å². The maximum atomic E-state index is 13.2. The molecule has 206 valence electrons. The summed E-state index contributed by atoms with van der Waals surface area (Å²) in [4.78, 5) is 16.7. The molecule has 2 aliphatic rings. The second kappa shape index (κ2) is 10.6. The van der Waals surface area contributed by atoms with E-state index in [-0.39, 0.29) is 28.2 Å². The maximum Gasteiger partial charge on any atom is 0.416 e. The number of carbonyl (C=O) groups is 1. The molecule has 0 radical (unpaired) electrons. The molecule has 1 N–H and O–H groups in total. The van der Waals surface area contributed by atoms with Gasteiger partial charge < -0.3 is 14.4 Å². The molecule has 3 aromatic carbocycles. The number of sulfonamides is 1. The number of amides is 1. The van der Waals surface area contributed by atoms with Crippen LogP contribution in [0, 0.1) is 0 Å². The maximum absolute atomic E-state index is 13.2. The normalized spacial score (nSPS) is 15.8. The van der Waals surface area contributed by atoms with Crippen LogP contribution >= 0.6 is 11.6 Å². The number of rotatable bonds is 6. The first-order valence-corrected chi connectivity index (χ1v) is 13.8. The predicted octanol–water partition coefficient (Wildman–Crippen LogP) is 4.85. The average Bonchev–Trinajstić information content (AvgIpc) is 3.37. The van der Waals surface area contributed by atoms with Gasteiger partial charge in [-0.1, -0.05) is 23.7 Å². The Hall–Kier alpha value is -3.48. The Labute approximate surface area is 227 Å². The number of piperazine rings is 1.